The number of hydrogen-bond acceptors (Lipinski definition) is 2. The Hall–Kier alpha value is -1.84. The van der Waals surface area contributed by atoms with Crippen LogP contribution in [0.3, 0.4) is 0 Å². The lowest BCUT2D eigenvalue weighted by atomic mass is 10.0. The molecular weight excluding hydrogens is 296 g/mol. The first-order valence-corrected chi connectivity index (χ1v) is 7.33. The van der Waals surface area contributed by atoms with Crippen LogP contribution in [0.25, 0.3) is 0 Å². The van der Waals surface area contributed by atoms with Gasteiger partial charge in [0.2, 0.25) is 5.91 Å². The number of hydrogen-bond donors (Lipinski definition) is 1. The van der Waals surface area contributed by atoms with Gasteiger partial charge < -0.3 is 10.6 Å². The maximum absolute atomic E-state index is 12.4. The fourth-order valence-corrected chi connectivity index (χ4v) is 2.32. The van der Waals surface area contributed by atoms with Gasteiger partial charge in [0.15, 0.2) is 0 Å². The summed E-state index contributed by atoms with van der Waals surface area (Å²) in [5.41, 5.74) is 8.28. The number of nitrogens with two attached hydrogens (primary N) is 1. The third-order valence-corrected chi connectivity index (χ3v) is 3.57. The van der Waals surface area contributed by atoms with Crippen LogP contribution in [0.5, 0.6) is 0 Å². The second-order valence-electron chi connectivity index (χ2n) is 5.11. The van der Waals surface area contributed by atoms with Crippen molar-refractivity contribution in [2.45, 2.75) is 25.9 Å². The van der Waals surface area contributed by atoms with Gasteiger partial charge in [0, 0.05) is 25.6 Å². The molecule has 118 valence electrons. The van der Waals surface area contributed by atoms with Crippen molar-refractivity contribution in [2.24, 2.45) is 5.73 Å². The highest BCUT2D eigenvalue weighted by Gasteiger charge is 2.16. The quantitative estimate of drug-likeness (QED) is 0.885. The van der Waals surface area contributed by atoms with Crippen molar-refractivity contribution < 1.29 is 4.79 Å². The van der Waals surface area contributed by atoms with E-state index in [1.165, 1.54) is 0 Å². The fourth-order valence-electron chi connectivity index (χ4n) is 2.32. The minimum absolute atomic E-state index is 0. The summed E-state index contributed by atoms with van der Waals surface area (Å²) in [7, 11) is 0. The number of amides is 1. The van der Waals surface area contributed by atoms with E-state index < -0.39 is 0 Å². The molecule has 0 fully saturated rings. The average Bonchev–Trinajstić information content (AvgIpc) is 2.54. The lowest BCUT2D eigenvalue weighted by Crippen LogP contribution is -2.32. The zero-order chi connectivity index (χ0) is 15.1. The zero-order valence-electron chi connectivity index (χ0n) is 12.8. The maximum atomic E-state index is 12.4. The van der Waals surface area contributed by atoms with Crippen molar-refractivity contribution in [2.75, 3.05) is 6.54 Å². The highest BCUT2D eigenvalue weighted by Crippen LogP contribution is 2.15. The van der Waals surface area contributed by atoms with Gasteiger partial charge in [-0.05, 0) is 18.1 Å². The molecule has 0 saturated heterocycles. The van der Waals surface area contributed by atoms with Crippen LogP contribution < -0.4 is 5.73 Å². The SMILES string of the molecule is CCN(Cc1ccccc1)C(=O)CC(N)c1ccccc1.Cl. The standard InChI is InChI=1S/C18H22N2O.ClH/c1-2-20(14-15-9-5-3-6-10-15)18(21)13-17(19)16-11-7-4-8-12-16;/h3-12,17H,2,13-14,19H2,1H3;1H. The number of carbonyl (C=O) groups is 1. The van der Waals surface area contributed by atoms with Gasteiger partial charge in [0.1, 0.15) is 0 Å². The Morgan fingerprint density at radius 2 is 1.59 bits per heavy atom. The van der Waals surface area contributed by atoms with Crippen molar-refractivity contribution in [3.63, 3.8) is 0 Å². The van der Waals surface area contributed by atoms with E-state index in [1.807, 2.05) is 72.5 Å². The van der Waals surface area contributed by atoms with Crippen molar-refractivity contribution >= 4 is 18.3 Å². The van der Waals surface area contributed by atoms with Gasteiger partial charge in [-0.2, -0.15) is 0 Å². The molecule has 0 aliphatic rings. The smallest absolute Gasteiger partial charge is 0.224 e. The Balaban J connectivity index is 0.00000242. The molecule has 2 aromatic carbocycles. The van der Waals surface area contributed by atoms with E-state index in [0.717, 1.165) is 11.1 Å². The Bertz CT molecular complexity index is 560. The molecule has 0 spiro atoms. The molecule has 0 saturated carbocycles. The molecular formula is C18H23ClN2O. The van der Waals surface area contributed by atoms with Gasteiger partial charge >= 0.3 is 0 Å². The van der Waals surface area contributed by atoms with Crippen molar-refractivity contribution in [3.05, 3.63) is 71.8 Å². The topological polar surface area (TPSA) is 46.3 Å². The van der Waals surface area contributed by atoms with Gasteiger partial charge in [-0.25, -0.2) is 0 Å². The Morgan fingerprint density at radius 1 is 1.05 bits per heavy atom. The molecule has 1 atom stereocenters. The van der Waals surface area contributed by atoms with Crippen LogP contribution in [0.4, 0.5) is 0 Å². The fraction of sp³-hybridized carbons (Fsp3) is 0.278. The normalized spacial score (nSPS) is 11.4. The number of nitrogens with zero attached hydrogens (tertiary/aromatic N) is 1. The average molecular weight is 319 g/mol. The van der Waals surface area contributed by atoms with E-state index in [-0.39, 0.29) is 24.4 Å². The highest BCUT2D eigenvalue weighted by atomic mass is 35.5. The number of rotatable bonds is 6. The van der Waals surface area contributed by atoms with Crippen LogP contribution in [-0.4, -0.2) is 17.4 Å². The number of halogens is 1. The van der Waals surface area contributed by atoms with Crippen LogP contribution >= 0.6 is 12.4 Å². The van der Waals surface area contributed by atoms with Gasteiger partial charge in [0.25, 0.3) is 0 Å². The van der Waals surface area contributed by atoms with Crippen LogP contribution in [0.1, 0.15) is 30.5 Å². The summed E-state index contributed by atoms with van der Waals surface area (Å²) >= 11 is 0. The summed E-state index contributed by atoms with van der Waals surface area (Å²) in [6.07, 6.45) is 0.338. The Kier molecular flexibility index (Phi) is 7.64. The largest absolute Gasteiger partial charge is 0.339 e. The summed E-state index contributed by atoms with van der Waals surface area (Å²) in [4.78, 5) is 14.3. The van der Waals surface area contributed by atoms with Crippen LogP contribution in [0.2, 0.25) is 0 Å². The first-order chi connectivity index (χ1) is 10.2. The van der Waals surface area contributed by atoms with E-state index in [4.69, 9.17) is 5.73 Å². The van der Waals surface area contributed by atoms with Gasteiger partial charge in [-0.1, -0.05) is 60.7 Å². The predicted octanol–water partition coefficient (Wildman–Crippen LogP) is 3.55. The third-order valence-electron chi connectivity index (χ3n) is 3.57. The van der Waals surface area contributed by atoms with E-state index in [0.29, 0.717) is 19.5 Å². The van der Waals surface area contributed by atoms with E-state index >= 15 is 0 Å². The molecule has 2 N–H and O–H groups in total. The molecule has 4 heteroatoms. The van der Waals surface area contributed by atoms with E-state index in [1.54, 1.807) is 0 Å². The molecule has 0 heterocycles. The molecule has 3 nitrogen and oxygen atoms in total. The first-order valence-electron chi connectivity index (χ1n) is 7.33. The summed E-state index contributed by atoms with van der Waals surface area (Å²) < 4.78 is 0. The highest BCUT2D eigenvalue weighted by molar-refractivity contribution is 5.85. The van der Waals surface area contributed by atoms with Crippen LogP contribution in [-0.2, 0) is 11.3 Å². The van der Waals surface area contributed by atoms with Crippen molar-refractivity contribution in [1.29, 1.82) is 0 Å². The summed E-state index contributed by atoms with van der Waals surface area (Å²) in [5, 5.41) is 0. The number of benzene rings is 2. The molecule has 0 radical (unpaired) electrons. The second kappa shape index (κ2) is 9.23. The van der Waals surface area contributed by atoms with Crippen LogP contribution in [0, 0.1) is 0 Å². The minimum atomic E-state index is -0.247. The first kappa shape index (κ1) is 18.2. The lowest BCUT2D eigenvalue weighted by Gasteiger charge is -2.23. The minimum Gasteiger partial charge on any atom is -0.339 e. The van der Waals surface area contributed by atoms with Gasteiger partial charge in [0.05, 0.1) is 0 Å². The van der Waals surface area contributed by atoms with Gasteiger partial charge in [-0.15, -0.1) is 12.4 Å². The molecule has 1 unspecified atom stereocenters. The molecule has 2 aromatic rings. The summed E-state index contributed by atoms with van der Waals surface area (Å²) in [5.74, 6) is 0.0951. The Labute approximate surface area is 138 Å². The van der Waals surface area contributed by atoms with E-state index in [2.05, 4.69) is 0 Å². The van der Waals surface area contributed by atoms with Crippen molar-refractivity contribution in [1.82, 2.24) is 4.90 Å². The summed E-state index contributed by atoms with van der Waals surface area (Å²) in [6.45, 7) is 3.32. The third kappa shape index (κ3) is 5.17. The molecule has 0 bridgehead atoms. The molecule has 0 aliphatic carbocycles. The molecule has 22 heavy (non-hydrogen) atoms. The monoisotopic (exact) mass is 318 g/mol. The number of carbonyl (C=O) groups excluding carboxylic acids is 1. The Morgan fingerprint density at radius 3 is 2.14 bits per heavy atom. The molecule has 0 aliphatic heterocycles. The lowest BCUT2D eigenvalue weighted by molar-refractivity contribution is -0.132. The van der Waals surface area contributed by atoms with Crippen molar-refractivity contribution in [3.8, 4) is 0 Å². The second-order valence-corrected chi connectivity index (χ2v) is 5.11. The summed E-state index contributed by atoms with van der Waals surface area (Å²) in [6, 6.07) is 19.5. The predicted molar refractivity (Wildman–Crippen MR) is 92.8 cm³/mol. The molecule has 0 aromatic heterocycles. The molecule has 2 rings (SSSR count). The maximum Gasteiger partial charge on any atom is 0.224 e. The molecule has 1 amide bonds. The zero-order valence-corrected chi connectivity index (χ0v) is 13.6. The van der Waals surface area contributed by atoms with Gasteiger partial charge in [-0.3, -0.25) is 4.79 Å². The van der Waals surface area contributed by atoms with E-state index in [9.17, 15) is 4.79 Å². The van der Waals surface area contributed by atoms with Crippen LogP contribution in [0.15, 0.2) is 60.7 Å².